The number of carboxylic acids is 1. The number of hydrogen-bond acceptors (Lipinski definition) is 8. The molecular weight excluding hydrogens is 664 g/mol. The van der Waals surface area contributed by atoms with Crippen LogP contribution >= 0.6 is 0 Å². The van der Waals surface area contributed by atoms with E-state index in [0.717, 1.165) is 30.2 Å². The van der Waals surface area contributed by atoms with Gasteiger partial charge in [0.15, 0.2) is 0 Å². The summed E-state index contributed by atoms with van der Waals surface area (Å²) in [7, 11) is 0. The van der Waals surface area contributed by atoms with Gasteiger partial charge in [-0.1, -0.05) is 55.3 Å². The zero-order chi connectivity index (χ0) is 36.6. The lowest BCUT2D eigenvalue weighted by atomic mass is 10.0. The Kier molecular flexibility index (Phi) is 9.36. The minimum atomic E-state index is -1.46. The third-order valence-corrected chi connectivity index (χ3v) is 9.91. The van der Waals surface area contributed by atoms with Gasteiger partial charge in [0.1, 0.15) is 35.0 Å². The molecule has 2 fully saturated rings. The summed E-state index contributed by atoms with van der Waals surface area (Å²) in [5.74, 6) is -2.32. The number of hydrogen-bond donors (Lipinski definition) is 4. The minimum absolute atomic E-state index is 0.00648. The van der Waals surface area contributed by atoms with Crippen LogP contribution < -0.4 is 15.4 Å². The number of carbonyl (C=O) groups excluding carboxylic acids is 3. The van der Waals surface area contributed by atoms with Crippen LogP contribution in [0, 0.1) is 5.92 Å². The van der Waals surface area contributed by atoms with Crippen molar-refractivity contribution in [3.8, 4) is 17.3 Å². The van der Waals surface area contributed by atoms with Gasteiger partial charge in [0.05, 0.1) is 23.3 Å². The van der Waals surface area contributed by atoms with Crippen LogP contribution in [0.5, 0.6) is 5.88 Å². The summed E-state index contributed by atoms with van der Waals surface area (Å²) in [6.45, 7) is 5.21. The number of carbonyl (C=O) groups is 4. The van der Waals surface area contributed by atoms with Gasteiger partial charge < -0.3 is 35.1 Å². The van der Waals surface area contributed by atoms with E-state index in [0.29, 0.717) is 35.3 Å². The molecule has 1 saturated carbocycles. The van der Waals surface area contributed by atoms with Crippen molar-refractivity contribution in [3.63, 3.8) is 0 Å². The molecule has 0 radical (unpaired) electrons. The van der Waals surface area contributed by atoms with Gasteiger partial charge in [-0.25, -0.2) is 19.6 Å². The van der Waals surface area contributed by atoms with Crippen LogP contribution in [-0.2, 0) is 19.1 Å². The SMILES string of the molecule is CC(C)(C)OC(=O)N[C@@H]1CCCCC/C=C\C2CC2(C(=O)O)NC(=O)C2C[C@@H](Oc3nc4ccccc4nc3-c3cc4ccccc4[nH]3)CN2C1=O. The first kappa shape index (κ1) is 35.0. The Labute approximate surface area is 301 Å². The highest BCUT2D eigenvalue weighted by Gasteiger charge is 2.61. The average Bonchev–Trinajstić information content (AvgIpc) is 3.40. The first-order chi connectivity index (χ1) is 24.9. The van der Waals surface area contributed by atoms with Crippen molar-refractivity contribution in [2.45, 2.75) is 95.0 Å². The summed E-state index contributed by atoms with van der Waals surface area (Å²) < 4.78 is 12.1. The number of allylic oxidation sites excluding steroid dienone is 1. The minimum Gasteiger partial charge on any atom is -0.479 e. The Morgan fingerprint density at radius 3 is 2.52 bits per heavy atom. The van der Waals surface area contributed by atoms with Crippen molar-refractivity contribution in [3.05, 3.63) is 66.7 Å². The topological polar surface area (TPSA) is 176 Å². The van der Waals surface area contributed by atoms with Gasteiger partial charge in [-0.2, -0.15) is 0 Å². The van der Waals surface area contributed by atoms with E-state index in [1.165, 1.54) is 4.90 Å². The molecule has 3 aliphatic rings. The average molecular weight is 709 g/mol. The molecule has 13 nitrogen and oxygen atoms in total. The summed E-state index contributed by atoms with van der Waals surface area (Å²) in [5, 5.41) is 16.8. The predicted molar refractivity (Wildman–Crippen MR) is 193 cm³/mol. The number of amides is 3. The van der Waals surface area contributed by atoms with Crippen LogP contribution in [-0.4, -0.2) is 84.7 Å². The highest BCUT2D eigenvalue weighted by atomic mass is 16.6. The van der Waals surface area contributed by atoms with Crippen LogP contribution in [0.1, 0.15) is 65.7 Å². The molecule has 0 spiro atoms. The van der Waals surface area contributed by atoms with Gasteiger partial charge in [0.25, 0.3) is 0 Å². The molecule has 52 heavy (non-hydrogen) atoms. The van der Waals surface area contributed by atoms with Crippen molar-refractivity contribution in [1.29, 1.82) is 0 Å². The molecule has 7 rings (SSSR count). The van der Waals surface area contributed by atoms with Crippen LogP contribution in [0.15, 0.2) is 66.7 Å². The van der Waals surface area contributed by atoms with Crippen molar-refractivity contribution in [2.24, 2.45) is 5.92 Å². The van der Waals surface area contributed by atoms with E-state index in [1.54, 1.807) is 20.8 Å². The Morgan fingerprint density at radius 2 is 1.77 bits per heavy atom. The van der Waals surface area contributed by atoms with Crippen LogP contribution in [0.3, 0.4) is 0 Å². The number of aromatic amines is 1. The molecule has 3 amide bonds. The number of carboxylic acid groups (broad SMARTS) is 1. The van der Waals surface area contributed by atoms with Crippen LogP contribution in [0.4, 0.5) is 4.79 Å². The maximum Gasteiger partial charge on any atom is 0.408 e. The fraction of sp³-hybridized carbons (Fsp3) is 0.436. The molecule has 5 atom stereocenters. The molecule has 4 heterocycles. The number of fused-ring (bicyclic) bond motifs is 4. The van der Waals surface area contributed by atoms with E-state index >= 15 is 0 Å². The van der Waals surface area contributed by atoms with Gasteiger partial charge in [0.2, 0.25) is 17.7 Å². The first-order valence-electron chi connectivity index (χ1n) is 17.9. The van der Waals surface area contributed by atoms with Gasteiger partial charge >= 0.3 is 12.1 Å². The summed E-state index contributed by atoms with van der Waals surface area (Å²) in [6, 6.07) is 15.2. The molecule has 1 saturated heterocycles. The van der Waals surface area contributed by atoms with E-state index in [1.807, 2.05) is 66.7 Å². The zero-order valence-electron chi connectivity index (χ0n) is 29.6. The Bertz CT molecular complexity index is 2020. The third kappa shape index (κ3) is 7.30. The molecule has 13 heteroatoms. The van der Waals surface area contributed by atoms with E-state index in [-0.39, 0.29) is 31.2 Å². The number of nitrogens with one attached hydrogen (secondary N) is 3. The summed E-state index contributed by atoms with van der Waals surface area (Å²) >= 11 is 0. The number of H-pyrrole nitrogens is 1. The second-order valence-corrected chi connectivity index (χ2v) is 15.0. The van der Waals surface area contributed by atoms with E-state index in [4.69, 9.17) is 19.4 Å². The van der Waals surface area contributed by atoms with Crippen LogP contribution in [0.2, 0.25) is 0 Å². The van der Waals surface area contributed by atoms with E-state index < -0.39 is 53.2 Å². The molecule has 4 aromatic rings. The number of rotatable bonds is 5. The van der Waals surface area contributed by atoms with E-state index in [9.17, 15) is 24.3 Å². The monoisotopic (exact) mass is 708 g/mol. The van der Waals surface area contributed by atoms with Crippen LogP contribution in [0.25, 0.3) is 33.3 Å². The summed E-state index contributed by atoms with van der Waals surface area (Å²) in [5.41, 5.74) is 1.10. The summed E-state index contributed by atoms with van der Waals surface area (Å²) in [6.07, 6.45) is 6.05. The van der Waals surface area contributed by atoms with Crippen molar-refractivity contribution in [2.75, 3.05) is 6.54 Å². The molecule has 0 bridgehead atoms. The molecule has 3 unspecified atom stereocenters. The standard InChI is InChI=1S/C39H44N6O7/c1-38(2,3)52-37(50)43-29-18-8-6-4-5-7-14-24-21-39(24,36(48)49)44-33(46)31-20-25(22-45(31)35(29)47)51-34-32(41-27-16-11-12-17-28(27)42-34)30-19-23-13-9-10-15-26(23)40-30/h7,9-17,19,24-25,29,31,40H,4-6,8,18,20-22H2,1-3H3,(H,43,50)(H,44,46)(H,48,49)/b14-7-/t24?,25-,29-,31?,39?/m1/s1. The molecule has 4 N–H and O–H groups in total. The largest absolute Gasteiger partial charge is 0.479 e. The highest BCUT2D eigenvalue weighted by molar-refractivity contribution is 5.96. The lowest BCUT2D eigenvalue weighted by Gasteiger charge is -2.30. The molecule has 272 valence electrons. The van der Waals surface area contributed by atoms with Gasteiger partial charge in [-0.15, -0.1) is 0 Å². The molecule has 2 aromatic heterocycles. The molecule has 2 aliphatic heterocycles. The molecule has 2 aromatic carbocycles. The second-order valence-electron chi connectivity index (χ2n) is 15.0. The Morgan fingerprint density at radius 1 is 1.02 bits per heavy atom. The fourth-order valence-corrected chi connectivity index (χ4v) is 7.20. The third-order valence-electron chi connectivity index (χ3n) is 9.91. The first-order valence-corrected chi connectivity index (χ1v) is 17.9. The number of alkyl carbamates (subject to hydrolysis) is 1. The van der Waals surface area contributed by atoms with Crippen molar-refractivity contribution >= 4 is 45.8 Å². The highest BCUT2D eigenvalue weighted by Crippen LogP contribution is 2.45. The number of benzene rings is 2. The lowest BCUT2D eigenvalue weighted by Crippen LogP contribution is -2.56. The Hall–Kier alpha value is -5.46. The van der Waals surface area contributed by atoms with Crippen molar-refractivity contribution < 1.29 is 33.8 Å². The zero-order valence-corrected chi connectivity index (χ0v) is 29.6. The molecule has 1 aliphatic carbocycles. The maximum atomic E-state index is 14.4. The number of aliphatic carboxylic acids is 1. The fourth-order valence-electron chi connectivity index (χ4n) is 7.20. The van der Waals surface area contributed by atoms with Gasteiger partial charge in [-0.3, -0.25) is 9.59 Å². The van der Waals surface area contributed by atoms with Gasteiger partial charge in [0, 0.05) is 23.2 Å². The number of aromatic nitrogens is 3. The van der Waals surface area contributed by atoms with Crippen molar-refractivity contribution in [1.82, 2.24) is 30.5 Å². The number of ether oxygens (including phenoxy) is 2. The number of nitrogens with zero attached hydrogens (tertiary/aromatic N) is 3. The Balaban J connectivity index is 1.23. The predicted octanol–water partition coefficient (Wildman–Crippen LogP) is 5.50. The molecular formula is C39H44N6O7. The normalized spacial score (nSPS) is 26.0. The smallest absolute Gasteiger partial charge is 0.408 e. The van der Waals surface area contributed by atoms with E-state index in [2.05, 4.69) is 15.6 Å². The summed E-state index contributed by atoms with van der Waals surface area (Å²) in [4.78, 5) is 68.6. The number of para-hydroxylation sites is 3. The van der Waals surface area contributed by atoms with Gasteiger partial charge in [-0.05, 0) is 70.7 Å². The quantitative estimate of drug-likeness (QED) is 0.195. The maximum absolute atomic E-state index is 14.4. The lowest BCUT2D eigenvalue weighted by molar-refractivity contribution is -0.145. The second kappa shape index (κ2) is 13.9.